The first-order valence-corrected chi connectivity index (χ1v) is 18.5. The number of pyridine rings is 2. The van der Waals surface area contributed by atoms with Crippen molar-refractivity contribution in [1.29, 1.82) is 0 Å². The highest BCUT2D eigenvalue weighted by Crippen LogP contribution is 2.40. The monoisotopic (exact) mass is 712 g/mol. The summed E-state index contributed by atoms with van der Waals surface area (Å²) in [4.78, 5) is 19.6. The van der Waals surface area contributed by atoms with Crippen molar-refractivity contribution < 1.29 is 22.4 Å². The number of anilines is 1. The molecular formula is C38H40N4O6S2. The molecule has 0 atom stereocenters. The first kappa shape index (κ1) is 35.2. The van der Waals surface area contributed by atoms with Crippen molar-refractivity contribution in [1.82, 2.24) is 14.7 Å². The Morgan fingerprint density at radius 2 is 1.66 bits per heavy atom. The Morgan fingerprint density at radius 1 is 0.900 bits per heavy atom. The Hall–Kier alpha value is -4.62. The van der Waals surface area contributed by atoms with Crippen molar-refractivity contribution in [3.05, 3.63) is 116 Å². The molecule has 4 aromatic heterocycles. The zero-order valence-corrected chi connectivity index (χ0v) is 30.9. The molecule has 0 unspecified atom stereocenters. The first-order chi connectivity index (χ1) is 23.9. The SMILES string of the molecule is COCCOCN(c1noc(C)c1C)S(=O)(=O)c1sc(C)cc1-c1ccc(Cn2c(=O)c(-c3ccccc3)cc3c(C)nc(C)cc32)cc1C. The number of nitrogens with zero attached hydrogens (tertiary/aromatic N) is 4. The van der Waals surface area contributed by atoms with E-state index in [1.54, 1.807) is 21.0 Å². The van der Waals surface area contributed by atoms with Crippen molar-refractivity contribution in [2.75, 3.05) is 31.4 Å². The van der Waals surface area contributed by atoms with Crippen LogP contribution in [0.4, 0.5) is 5.82 Å². The van der Waals surface area contributed by atoms with Crippen LogP contribution in [0, 0.1) is 41.5 Å². The Kier molecular flexibility index (Phi) is 10.1. The molecule has 6 aromatic rings. The van der Waals surface area contributed by atoms with Gasteiger partial charge in [0.05, 0.1) is 25.3 Å². The molecule has 0 radical (unpaired) electrons. The van der Waals surface area contributed by atoms with Crippen molar-refractivity contribution in [3.8, 4) is 22.3 Å². The number of hydrogen-bond acceptors (Lipinski definition) is 9. The van der Waals surface area contributed by atoms with E-state index in [1.807, 2.05) is 99.0 Å². The van der Waals surface area contributed by atoms with Crippen LogP contribution in [0.5, 0.6) is 0 Å². The van der Waals surface area contributed by atoms with Gasteiger partial charge in [-0.15, -0.1) is 11.3 Å². The van der Waals surface area contributed by atoms with Crippen LogP contribution in [0.1, 0.15) is 38.7 Å². The Labute approximate surface area is 296 Å². The number of benzene rings is 2. The average molecular weight is 713 g/mol. The van der Waals surface area contributed by atoms with Crippen molar-refractivity contribution in [3.63, 3.8) is 0 Å². The minimum Gasteiger partial charge on any atom is -0.382 e. The lowest BCUT2D eigenvalue weighted by Crippen LogP contribution is -2.34. The van der Waals surface area contributed by atoms with E-state index < -0.39 is 10.0 Å². The van der Waals surface area contributed by atoms with Crippen LogP contribution in [-0.2, 0) is 26.0 Å². The average Bonchev–Trinajstić information content (AvgIpc) is 3.64. The van der Waals surface area contributed by atoms with Gasteiger partial charge in [0, 0.05) is 45.5 Å². The molecule has 12 heteroatoms. The third kappa shape index (κ3) is 6.76. The maximum absolute atomic E-state index is 14.5. The molecule has 0 N–H and O–H groups in total. The second-order valence-electron chi connectivity index (χ2n) is 12.4. The summed E-state index contributed by atoms with van der Waals surface area (Å²) in [6, 6.07) is 21.3. The lowest BCUT2D eigenvalue weighted by Gasteiger charge is -2.22. The van der Waals surface area contributed by atoms with Gasteiger partial charge in [-0.1, -0.05) is 53.7 Å². The van der Waals surface area contributed by atoms with Gasteiger partial charge in [-0.2, -0.15) is 0 Å². The number of fused-ring (bicyclic) bond motifs is 1. The van der Waals surface area contributed by atoms with Crippen LogP contribution in [-0.4, -0.2) is 50.2 Å². The molecule has 0 aliphatic rings. The number of thiophene rings is 1. The molecule has 0 spiro atoms. The van der Waals surface area contributed by atoms with Gasteiger partial charge in [-0.3, -0.25) is 9.78 Å². The van der Waals surface area contributed by atoms with Crippen molar-refractivity contribution in [2.24, 2.45) is 0 Å². The molecule has 10 nitrogen and oxygen atoms in total. The summed E-state index contributed by atoms with van der Waals surface area (Å²) < 4.78 is 48.2. The van der Waals surface area contributed by atoms with Gasteiger partial charge < -0.3 is 18.6 Å². The van der Waals surface area contributed by atoms with Crippen molar-refractivity contribution >= 4 is 38.1 Å². The van der Waals surface area contributed by atoms with Gasteiger partial charge in [0.25, 0.3) is 15.6 Å². The van der Waals surface area contributed by atoms with E-state index in [9.17, 15) is 13.2 Å². The number of aryl methyl sites for hydroxylation is 5. The Balaban J connectivity index is 1.41. The minimum absolute atomic E-state index is 0.0940. The van der Waals surface area contributed by atoms with E-state index in [4.69, 9.17) is 14.0 Å². The molecular weight excluding hydrogens is 673 g/mol. The van der Waals surface area contributed by atoms with Crippen LogP contribution in [0.3, 0.4) is 0 Å². The molecule has 260 valence electrons. The van der Waals surface area contributed by atoms with Crippen LogP contribution in [0.2, 0.25) is 0 Å². The van der Waals surface area contributed by atoms with Crippen molar-refractivity contribution in [2.45, 2.75) is 52.3 Å². The number of sulfonamides is 1. The molecule has 4 heterocycles. The minimum atomic E-state index is -4.14. The van der Waals surface area contributed by atoms with Crippen LogP contribution in [0.15, 0.2) is 80.3 Å². The number of rotatable bonds is 12. The quantitative estimate of drug-likeness (QED) is 0.0947. The molecule has 0 bridgehead atoms. The zero-order chi connectivity index (χ0) is 35.7. The third-order valence-electron chi connectivity index (χ3n) is 8.77. The van der Waals surface area contributed by atoms with E-state index >= 15 is 0 Å². The summed E-state index contributed by atoms with van der Waals surface area (Å²) in [6.45, 7) is 11.8. The zero-order valence-electron chi connectivity index (χ0n) is 29.2. The second kappa shape index (κ2) is 14.3. The number of aromatic nitrogens is 3. The standard InChI is InChI=1S/C38H40N4O6S2/c1-23-17-29(21-41-35-18-24(2)39-27(5)32(35)20-33(37(41)43)30-11-9-8-10-12-30)13-14-31(23)34-19-25(3)49-38(34)50(44,45)42(22-47-16-15-46-7)36-26(4)28(6)48-40-36/h8-14,17-20H,15-16,21-22H2,1-7H3. The van der Waals surface area contributed by atoms with Gasteiger partial charge in [-0.05, 0) is 82.0 Å². The number of hydrogen-bond donors (Lipinski definition) is 0. The summed E-state index contributed by atoms with van der Waals surface area (Å²) >= 11 is 1.20. The molecule has 6 rings (SSSR count). The lowest BCUT2D eigenvalue weighted by atomic mass is 9.99. The summed E-state index contributed by atoms with van der Waals surface area (Å²) in [6.07, 6.45) is 0. The predicted molar refractivity (Wildman–Crippen MR) is 198 cm³/mol. The van der Waals surface area contributed by atoms with Gasteiger partial charge in [0.1, 0.15) is 16.7 Å². The maximum atomic E-state index is 14.5. The predicted octanol–water partition coefficient (Wildman–Crippen LogP) is 7.49. The Bertz CT molecular complexity index is 2360. The van der Waals surface area contributed by atoms with Gasteiger partial charge >= 0.3 is 0 Å². The van der Waals surface area contributed by atoms with E-state index in [0.29, 0.717) is 35.6 Å². The van der Waals surface area contributed by atoms with Gasteiger partial charge in [0.2, 0.25) is 0 Å². The number of ether oxygens (including phenoxy) is 2. The van der Waals surface area contributed by atoms with E-state index in [-0.39, 0.29) is 28.9 Å². The van der Waals surface area contributed by atoms with E-state index in [2.05, 4.69) is 10.1 Å². The fourth-order valence-electron chi connectivity index (χ4n) is 6.12. The largest absolute Gasteiger partial charge is 0.382 e. The Morgan fingerprint density at radius 3 is 2.34 bits per heavy atom. The molecule has 0 aliphatic heterocycles. The molecule has 0 fully saturated rings. The van der Waals surface area contributed by atoms with Crippen LogP contribution in [0.25, 0.3) is 33.2 Å². The smallest absolute Gasteiger partial charge is 0.277 e. The third-order valence-corrected chi connectivity index (χ3v) is 12.0. The fourth-order valence-corrected chi connectivity index (χ4v) is 9.21. The van der Waals surface area contributed by atoms with Crippen LogP contribution >= 0.6 is 11.3 Å². The molecule has 0 amide bonds. The second-order valence-corrected chi connectivity index (χ2v) is 15.7. The molecule has 2 aromatic carbocycles. The number of methoxy groups -OCH3 is 1. The van der Waals surface area contributed by atoms with E-state index in [0.717, 1.165) is 53.7 Å². The summed E-state index contributed by atoms with van der Waals surface area (Å²) in [5.74, 6) is 0.703. The topological polar surface area (TPSA) is 117 Å². The molecule has 0 saturated carbocycles. The fraction of sp³-hybridized carbons (Fsp3) is 0.289. The molecule has 50 heavy (non-hydrogen) atoms. The van der Waals surface area contributed by atoms with Gasteiger partial charge in [-0.25, -0.2) is 12.7 Å². The molecule has 0 saturated heterocycles. The van der Waals surface area contributed by atoms with Gasteiger partial charge in [0.15, 0.2) is 5.82 Å². The highest BCUT2D eigenvalue weighted by Gasteiger charge is 2.34. The normalized spacial score (nSPS) is 11.8. The maximum Gasteiger partial charge on any atom is 0.277 e. The summed E-state index contributed by atoms with van der Waals surface area (Å²) in [5.41, 5.74) is 7.61. The highest BCUT2D eigenvalue weighted by molar-refractivity contribution is 7.95. The summed E-state index contributed by atoms with van der Waals surface area (Å²) in [7, 11) is -2.59. The highest BCUT2D eigenvalue weighted by atomic mass is 32.2. The molecule has 0 aliphatic carbocycles. The first-order valence-electron chi connectivity index (χ1n) is 16.2. The summed E-state index contributed by atoms with van der Waals surface area (Å²) in [5, 5.41) is 5.00. The van der Waals surface area contributed by atoms with Crippen LogP contribution < -0.4 is 9.86 Å². The lowest BCUT2D eigenvalue weighted by molar-refractivity contribution is 0.0753. The van der Waals surface area contributed by atoms with E-state index in [1.165, 1.54) is 11.3 Å².